The molecule has 1 atom stereocenters. The molecule has 29 heavy (non-hydrogen) atoms. The molecule has 0 aromatic heterocycles. The van der Waals surface area contributed by atoms with Gasteiger partial charge >= 0.3 is 10.2 Å². The zero-order valence-corrected chi connectivity index (χ0v) is 19.1. The highest BCUT2D eigenvalue weighted by molar-refractivity contribution is 7.90. The van der Waals surface area contributed by atoms with Gasteiger partial charge in [-0.25, -0.2) is 4.31 Å². The molecule has 0 radical (unpaired) electrons. The van der Waals surface area contributed by atoms with Crippen LogP contribution in [0.25, 0.3) is 0 Å². The Morgan fingerprint density at radius 3 is 2.14 bits per heavy atom. The first-order valence-electron chi connectivity index (χ1n) is 9.57. The highest BCUT2D eigenvalue weighted by atomic mass is 32.2. The quantitative estimate of drug-likeness (QED) is 0.751. The van der Waals surface area contributed by atoms with E-state index in [4.69, 9.17) is 0 Å². The summed E-state index contributed by atoms with van der Waals surface area (Å²) < 4.78 is 28.2. The maximum atomic E-state index is 12.9. The Balaban J connectivity index is 2.31. The number of rotatable bonds is 7. The van der Waals surface area contributed by atoms with E-state index in [0.29, 0.717) is 5.69 Å². The summed E-state index contributed by atoms with van der Waals surface area (Å²) >= 11 is 0. The van der Waals surface area contributed by atoms with Crippen LogP contribution in [-0.4, -0.2) is 39.3 Å². The van der Waals surface area contributed by atoms with E-state index in [1.54, 1.807) is 6.07 Å². The van der Waals surface area contributed by atoms with Crippen molar-refractivity contribution in [1.82, 2.24) is 9.62 Å². The summed E-state index contributed by atoms with van der Waals surface area (Å²) in [6.45, 7) is 9.37. The van der Waals surface area contributed by atoms with E-state index in [1.807, 2.05) is 58.9 Å². The van der Waals surface area contributed by atoms with E-state index < -0.39 is 10.2 Å². The summed E-state index contributed by atoms with van der Waals surface area (Å²) in [5.74, 6) is -0.358. The van der Waals surface area contributed by atoms with Gasteiger partial charge in [-0.15, -0.1) is 0 Å². The molecule has 2 aromatic carbocycles. The SMILES string of the molecule is Cc1ccc([C@H](C)NC(=O)CN(c2cc(C)ccc2C)S(=O)(=O)N(C)C)c(C)c1. The highest BCUT2D eigenvalue weighted by Gasteiger charge is 2.29. The predicted molar refractivity (Wildman–Crippen MR) is 118 cm³/mol. The molecule has 0 saturated heterocycles. The fraction of sp³-hybridized carbons (Fsp3) is 0.409. The number of amides is 1. The van der Waals surface area contributed by atoms with Crippen LogP contribution in [0.1, 0.15) is 40.8 Å². The van der Waals surface area contributed by atoms with E-state index >= 15 is 0 Å². The van der Waals surface area contributed by atoms with Gasteiger partial charge in [-0.1, -0.05) is 35.9 Å². The number of carbonyl (C=O) groups is 1. The molecule has 2 rings (SSSR count). The first kappa shape index (κ1) is 22.9. The second kappa shape index (κ2) is 8.97. The van der Waals surface area contributed by atoms with Gasteiger partial charge in [0, 0.05) is 14.1 Å². The van der Waals surface area contributed by atoms with Gasteiger partial charge in [0.25, 0.3) is 0 Å². The normalized spacial score (nSPS) is 12.7. The highest BCUT2D eigenvalue weighted by Crippen LogP contribution is 2.25. The number of nitrogens with one attached hydrogen (secondary N) is 1. The van der Waals surface area contributed by atoms with Crippen LogP contribution in [0, 0.1) is 27.7 Å². The largest absolute Gasteiger partial charge is 0.348 e. The fourth-order valence-corrected chi connectivity index (χ4v) is 4.40. The second-order valence-corrected chi connectivity index (χ2v) is 9.80. The summed E-state index contributed by atoms with van der Waals surface area (Å²) in [6.07, 6.45) is 0. The monoisotopic (exact) mass is 417 g/mol. The number of benzene rings is 2. The Morgan fingerprint density at radius 1 is 0.966 bits per heavy atom. The molecule has 7 heteroatoms. The Hall–Kier alpha value is -2.38. The Kier molecular flexibility index (Phi) is 7.08. The maximum Gasteiger partial charge on any atom is 0.304 e. The van der Waals surface area contributed by atoms with Crippen molar-refractivity contribution in [3.8, 4) is 0 Å². The topological polar surface area (TPSA) is 69.7 Å². The van der Waals surface area contributed by atoms with Crippen LogP contribution in [0.5, 0.6) is 0 Å². The molecule has 2 aromatic rings. The fourth-order valence-electron chi connectivity index (χ4n) is 3.28. The minimum Gasteiger partial charge on any atom is -0.348 e. The first-order valence-corrected chi connectivity index (χ1v) is 11.0. The molecule has 0 aliphatic carbocycles. The van der Waals surface area contributed by atoms with Gasteiger partial charge in [0.05, 0.1) is 11.7 Å². The van der Waals surface area contributed by atoms with Crippen LogP contribution in [0.3, 0.4) is 0 Å². The Labute approximate surface area is 174 Å². The van der Waals surface area contributed by atoms with E-state index in [1.165, 1.54) is 18.4 Å². The molecular weight excluding hydrogens is 386 g/mol. The Morgan fingerprint density at radius 2 is 1.55 bits per heavy atom. The summed E-state index contributed by atoms with van der Waals surface area (Å²) in [5, 5.41) is 2.94. The predicted octanol–water partition coefficient (Wildman–Crippen LogP) is 3.41. The molecule has 0 saturated carbocycles. The van der Waals surface area contributed by atoms with E-state index in [-0.39, 0.29) is 18.5 Å². The molecule has 1 amide bonds. The van der Waals surface area contributed by atoms with Gasteiger partial charge in [0.1, 0.15) is 6.54 Å². The van der Waals surface area contributed by atoms with Crippen molar-refractivity contribution in [1.29, 1.82) is 0 Å². The number of anilines is 1. The van der Waals surface area contributed by atoms with Crippen LogP contribution in [0.15, 0.2) is 36.4 Å². The third-order valence-electron chi connectivity index (χ3n) is 4.93. The van der Waals surface area contributed by atoms with Crippen LogP contribution in [0.4, 0.5) is 5.69 Å². The van der Waals surface area contributed by atoms with Crippen LogP contribution in [0.2, 0.25) is 0 Å². The number of nitrogens with zero attached hydrogens (tertiary/aromatic N) is 2. The van der Waals surface area contributed by atoms with Crippen LogP contribution < -0.4 is 9.62 Å². The van der Waals surface area contributed by atoms with Crippen molar-refractivity contribution >= 4 is 21.8 Å². The molecule has 158 valence electrons. The molecule has 0 bridgehead atoms. The lowest BCUT2D eigenvalue weighted by Crippen LogP contribution is -2.46. The Bertz CT molecular complexity index is 1000. The van der Waals surface area contributed by atoms with Gasteiger partial charge < -0.3 is 5.32 Å². The van der Waals surface area contributed by atoms with Gasteiger partial charge in [0.15, 0.2) is 0 Å². The van der Waals surface area contributed by atoms with Crippen molar-refractivity contribution in [2.45, 2.75) is 40.7 Å². The van der Waals surface area contributed by atoms with Crippen LogP contribution in [-0.2, 0) is 15.0 Å². The van der Waals surface area contributed by atoms with Crippen molar-refractivity contribution in [2.75, 3.05) is 24.9 Å². The van der Waals surface area contributed by atoms with Crippen molar-refractivity contribution < 1.29 is 13.2 Å². The van der Waals surface area contributed by atoms with Gasteiger partial charge in [-0.3, -0.25) is 4.79 Å². The molecule has 0 spiro atoms. The van der Waals surface area contributed by atoms with E-state index in [9.17, 15) is 13.2 Å². The number of aryl methyl sites for hydroxylation is 4. The first-order chi connectivity index (χ1) is 13.4. The molecular formula is C22H31N3O3S. The molecule has 0 unspecified atom stereocenters. The summed E-state index contributed by atoms with van der Waals surface area (Å²) in [5.41, 5.74) is 5.48. The molecule has 6 nitrogen and oxygen atoms in total. The van der Waals surface area contributed by atoms with Crippen molar-refractivity contribution in [3.63, 3.8) is 0 Å². The minimum atomic E-state index is -3.83. The lowest BCUT2D eigenvalue weighted by molar-refractivity contribution is -0.120. The average molecular weight is 418 g/mol. The van der Waals surface area contributed by atoms with Gasteiger partial charge in [-0.2, -0.15) is 12.7 Å². The number of hydrogen-bond donors (Lipinski definition) is 1. The molecule has 1 N–H and O–H groups in total. The molecule has 0 aliphatic rings. The van der Waals surface area contributed by atoms with Gasteiger partial charge in [0.2, 0.25) is 5.91 Å². The summed E-state index contributed by atoms with van der Waals surface area (Å²) in [4.78, 5) is 12.8. The third kappa shape index (κ3) is 5.36. The summed E-state index contributed by atoms with van der Waals surface area (Å²) in [6, 6.07) is 11.4. The minimum absolute atomic E-state index is 0.231. The lowest BCUT2D eigenvalue weighted by atomic mass is 10.0. The number of hydrogen-bond acceptors (Lipinski definition) is 3. The van der Waals surface area contributed by atoms with Crippen molar-refractivity contribution in [3.05, 3.63) is 64.2 Å². The smallest absolute Gasteiger partial charge is 0.304 e. The van der Waals surface area contributed by atoms with Crippen LogP contribution >= 0.6 is 0 Å². The number of carbonyl (C=O) groups excluding carboxylic acids is 1. The zero-order valence-electron chi connectivity index (χ0n) is 18.3. The molecule has 0 heterocycles. The standard InChI is InChI=1S/C22H31N3O3S/c1-15-9-11-20(18(4)12-15)19(5)23-22(26)14-25(29(27,28)24(6)7)21-13-16(2)8-10-17(21)3/h8-13,19H,14H2,1-7H3,(H,23,26)/t19-/m0/s1. The van der Waals surface area contributed by atoms with Crippen molar-refractivity contribution in [2.24, 2.45) is 0 Å². The maximum absolute atomic E-state index is 12.9. The molecule has 0 aliphatic heterocycles. The van der Waals surface area contributed by atoms with Gasteiger partial charge in [-0.05, 0) is 62.9 Å². The average Bonchev–Trinajstić information content (AvgIpc) is 2.61. The lowest BCUT2D eigenvalue weighted by Gasteiger charge is -2.29. The third-order valence-corrected chi connectivity index (χ3v) is 6.74. The zero-order chi connectivity index (χ0) is 21.9. The molecule has 0 fully saturated rings. The second-order valence-electron chi connectivity index (χ2n) is 7.74. The van der Waals surface area contributed by atoms with E-state index in [0.717, 1.165) is 32.1 Å². The summed E-state index contributed by atoms with van der Waals surface area (Å²) in [7, 11) is -0.911. The van der Waals surface area contributed by atoms with E-state index in [2.05, 4.69) is 11.4 Å².